The molecular weight excluding hydrogens is 829 g/mol. The van der Waals surface area contributed by atoms with Crippen molar-refractivity contribution in [2.24, 2.45) is 0 Å². The maximum Gasteiger partial charge on any atom is 0.306 e. The Morgan fingerprint density at radius 1 is 0.284 bits per heavy atom. The van der Waals surface area contributed by atoms with E-state index in [1.807, 2.05) is 0 Å². The van der Waals surface area contributed by atoms with Crippen LogP contribution in [0.3, 0.4) is 0 Å². The summed E-state index contributed by atoms with van der Waals surface area (Å²) in [5.41, 5.74) is 0. The van der Waals surface area contributed by atoms with E-state index in [1.165, 1.54) is 238 Å². The summed E-state index contributed by atoms with van der Waals surface area (Å²) < 4.78 is 16.9. The Kier molecular flexibility index (Phi) is 55.2. The van der Waals surface area contributed by atoms with Crippen molar-refractivity contribution in [1.82, 2.24) is 0 Å². The second-order valence-corrected chi connectivity index (χ2v) is 20.6. The van der Waals surface area contributed by atoms with Gasteiger partial charge in [0.05, 0.1) is 0 Å². The molecule has 0 aromatic carbocycles. The Morgan fingerprint density at radius 3 is 0.746 bits per heavy atom. The minimum Gasteiger partial charge on any atom is -0.462 e. The first-order chi connectivity index (χ1) is 33.0. The van der Waals surface area contributed by atoms with E-state index in [1.54, 1.807) is 0 Å². The molecule has 6 nitrogen and oxygen atoms in total. The van der Waals surface area contributed by atoms with E-state index in [2.05, 4.69) is 32.9 Å². The topological polar surface area (TPSA) is 78.9 Å². The maximum absolute atomic E-state index is 12.9. The van der Waals surface area contributed by atoms with Gasteiger partial charge in [0.15, 0.2) is 6.10 Å². The third-order valence-electron chi connectivity index (χ3n) is 13.8. The summed E-state index contributed by atoms with van der Waals surface area (Å²) in [6, 6.07) is 0. The minimum atomic E-state index is -0.768. The lowest BCUT2D eigenvalue weighted by atomic mass is 10.0. The number of esters is 3. The van der Waals surface area contributed by atoms with Crippen LogP contribution >= 0.6 is 0 Å². The van der Waals surface area contributed by atoms with Crippen LogP contribution in [0.15, 0.2) is 12.2 Å². The number of carbonyl (C=O) groups is 3. The number of allylic oxidation sites excluding steroid dienone is 2. The second-order valence-electron chi connectivity index (χ2n) is 20.6. The molecule has 0 spiro atoms. The summed E-state index contributed by atoms with van der Waals surface area (Å²) in [5, 5.41) is 0. The second kappa shape index (κ2) is 56.7. The van der Waals surface area contributed by atoms with Crippen LogP contribution in [0.4, 0.5) is 0 Å². The molecule has 0 aliphatic rings. The molecule has 0 saturated heterocycles. The summed E-state index contributed by atoms with van der Waals surface area (Å²) >= 11 is 0. The van der Waals surface area contributed by atoms with E-state index in [0.29, 0.717) is 19.3 Å². The Bertz CT molecular complexity index is 1040. The molecule has 6 heteroatoms. The largest absolute Gasteiger partial charge is 0.462 e. The van der Waals surface area contributed by atoms with Crippen LogP contribution in [0.1, 0.15) is 342 Å². The summed E-state index contributed by atoms with van der Waals surface area (Å²) in [6.45, 7) is 6.70. The predicted molar refractivity (Wildman–Crippen MR) is 289 cm³/mol. The van der Waals surface area contributed by atoms with Gasteiger partial charge in [-0.2, -0.15) is 0 Å². The monoisotopic (exact) mass is 945 g/mol. The van der Waals surface area contributed by atoms with E-state index < -0.39 is 6.10 Å². The van der Waals surface area contributed by atoms with Gasteiger partial charge in [0.2, 0.25) is 0 Å². The summed E-state index contributed by atoms with van der Waals surface area (Å²) in [7, 11) is 0. The van der Waals surface area contributed by atoms with Crippen molar-refractivity contribution in [3.8, 4) is 0 Å². The number of hydrogen-bond donors (Lipinski definition) is 0. The van der Waals surface area contributed by atoms with Crippen molar-refractivity contribution >= 4 is 17.9 Å². The molecular formula is C61H116O6. The highest BCUT2D eigenvalue weighted by atomic mass is 16.6. The van der Waals surface area contributed by atoms with Crippen molar-refractivity contribution in [1.29, 1.82) is 0 Å². The van der Waals surface area contributed by atoms with Gasteiger partial charge in [0.25, 0.3) is 0 Å². The van der Waals surface area contributed by atoms with E-state index in [9.17, 15) is 14.4 Å². The van der Waals surface area contributed by atoms with Crippen LogP contribution in [0, 0.1) is 0 Å². The number of ether oxygens (including phenoxy) is 3. The van der Waals surface area contributed by atoms with Crippen molar-refractivity contribution in [3.63, 3.8) is 0 Å². The van der Waals surface area contributed by atoms with Gasteiger partial charge in [-0.25, -0.2) is 0 Å². The molecule has 0 aliphatic carbocycles. The fourth-order valence-electron chi connectivity index (χ4n) is 9.21. The highest BCUT2D eigenvalue weighted by Gasteiger charge is 2.19. The van der Waals surface area contributed by atoms with Crippen LogP contribution in [0.2, 0.25) is 0 Å². The average molecular weight is 946 g/mol. The maximum atomic E-state index is 12.9. The molecule has 0 saturated carbocycles. The number of unbranched alkanes of at least 4 members (excludes halogenated alkanes) is 43. The van der Waals surface area contributed by atoms with Gasteiger partial charge in [0.1, 0.15) is 13.2 Å². The molecule has 67 heavy (non-hydrogen) atoms. The number of carbonyl (C=O) groups excluding carboxylic acids is 3. The first-order valence-electron chi connectivity index (χ1n) is 30.2. The minimum absolute atomic E-state index is 0.0664. The Morgan fingerprint density at radius 2 is 0.493 bits per heavy atom. The lowest BCUT2D eigenvalue weighted by molar-refractivity contribution is -0.167. The Hall–Kier alpha value is -1.85. The highest BCUT2D eigenvalue weighted by molar-refractivity contribution is 5.71. The molecule has 0 aromatic rings. The number of rotatable bonds is 56. The summed E-state index contributed by atoms with van der Waals surface area (Å²) in [5.74, 6) is -0.848. The fraction of sp³-hybridized carbons (Fsp3) is 0.918. The smallest absolute Gasteiger partial charge is 0.306 e. The normalized spacial score (nSPS) is 12.0. The zero-order valence-corrected chi connectivity index (χ0v) is 45.5. The van der Waals surface area contributed by atoms with E-state index in [0.717, 1.165) is 64.2 Å². The first-order valence-corrected chi connectivity index (χ1v) is 30.2. The van der Waals surface area contributed by atoms with Crippen LogP contribution in [0.5, 0.6) is 0 Å². The molecule has 0 radical (unpaired) electrons. The molecule has 0 N–H and O–H groups in total. The summed E-state index contributed by atoms with van der Waals surface area (Å²) in [6.07, 6.45) is 64.9. The van der Waals surface area contributed by atoms with Crippen molar-refractivity contribution in [2.75, 3.05) is 13.2 Å². The van der Waals surface area contributed by atoms with E-state index in [4.69, 9.17) is 14.2 Å². The molecule has 1 atom stereocenters. The SMILES string of the molecule is CCCCCCCCCCC/C=C\CCCCCCCC(=O)OCC(COC(=O)CCCCCCCCCCCCCCC)OC(=O)CCCCCCCCCCCCCCCCCCCC. The fourth-order valence-corrected chi connectivity index (χ4v) is 9.21. The van der Waals surface area contributed by atoms with Crippen LogP contribution in [0.25, 0.3) is 0 Å². The van der Waals surface area contributed by atoms with Gasteiger partial charge in [-0.05, 0) is 44.9 Å². The molecule has 396 valence electrons. The Labute approximate surface area is 418 Å². The van der Waals surface area contributed by atoms with Crippen LogP contribution < -0.4 is 0 Å². The van der Waals surface area contributed by atoms with Gasteiger partial charge in [-0.1, -0.05) is 290 Å². The summed E-state index contributed by atoms with van der Waals surface area (Å²) in [4.78, 5) is 38.2. The van der Waals surface area contributed by atoms with Gasteiger partial charge >= 0.3 is 17.9 Å². The third kappa shape index (κ3) is 55.0. The van der Waals surface area contributed by atoms with Crippen molar-refractivity contribution < 1.29 is 28.6 Å². The zero-order valence-electron chi connectivity index (χ0n) is 45.5. The standard InChI is InChI=1S/C61H116O6/c1-4-7-10-13-16-19-22-25-27-29-31-33-36-39-42-45-48-51-54-60(63)66-57-58(56-65-59(62)53-50-47-44-41-38-35-24-21-18-15-12-9-6-3)67-61(64)55-52-49-46-43-40-37-34-32-30-28-26-23-20-17-14-11-8-5-2/h31,33,58H,4-30,32,34-57H2,1-3H3/b33-31-. The van der Waals surface area contributed by atoms with Crippen molar-refractivity contribution in [3.05, 3.63) is 12.2 Å². The Balaban J connectivity index is 4.30. The van der Waals surface area contributed by atoms with E-state index >= 15 is 0 Å². The molecule has 0 bridgehead atoms. The molecule has 0 heterocycles. The van der Waals surface area contributed by atoms with Gasteiger partial charge in [-0.15, -0.1) is 0 Å². The quantitative estimate of drug-likeness (QED) is 0.0262. The molecule has 0 fully saturated rings. The van der Waals surface area contributed by atoms with Crippen molar-refractivity contribution in [2.45, 2.75) is 348 Å². The first kappa shape index (κ1) is 65.1. The number of hydrogen-bond acceptors (Lipinski definition) is 6. The van der Waals surface area contributed by atoms with Gasteiger partial charge in [0, 0.05) is 19.3 Å². The lowest BCUT2D eigenvalue weighted by Gasteiger charge is -2.18. The highest BCUT2D eigenvalue weighted by Crippen LogP contribution is 2.17. The molecule has 0 aromatic heterocycles. The molecule has 0 rings (SSSR count). The van der Waals surface area contributed by atoms with Crippen LogP contribution in [-0.2, 0) is 28.6 Å². The average Bonchev–Trinajstić information content (AvgIpc) is 3.33. The predicted octanol–water partition coefficient (Wildman–Crippen LogP) is 20.1. The zero-order chi connectivity index (χ0) is 48.6. The van der Waals surface area contributed by atoms with Gasteiger partial charge in [-0.3, -0.25) is 14.4 Å². The van der Waals surface area contributed by atoms with E-state index in [-0.39, 0.29) is 31.1 Å². The van der Waals surface area contributed by atoms with Crippen LogP contribution in [-0.4, -0.2) is 37.2 Å². The molecule has 1 unspecified atom stereocenters. The lowest BCUT2D eigenvalue weighted by Crippen LogP contribution is -2.30. The molecule has 0 aliphatic heterocycles. The molecule has 0 amide bonds. The third-order valence-corrected chi connectivity index (χ3v) is 13.8. The van der Waals surface area contributed by atoms with Gasteiger partial charge < -0.3 is 14.2 Å².